The molecule has 0 spiro atoms. The average molecular weight is 275 g/mol. The lowest BCUT2D eigenvalue weighted by Crippen LogP contribution is -2.53. The van der Waals surface area contributed by atoms with Crippen LogP contribution >= 0.6 is 0 Å². The molecule has 1 aliphatic rings. The van der Waals surface area contributed by atoms with Crippen LogP contribution in [0.1, 0.15) is 32.4 Å². The summed E-state index contributed by atoms with van der Waals surface area (Å²) in [5.74, 6) is 0. The van der Waals surface area contributed by atoms with Crippen molar-refractivity contribution < 1.29 is 4.79 Å². The normalized spacial score (nSPS) is 18.1. The molecule has 1 N–H and O–H groups in total. The van der Waals surface area contributed by atoms with Gasteiger partial charge in [0.25, 0.3) is 0 Å². The first-order valence-electron chi connectivity index (χ1n) is 7.42. The van der Waals surface area contributed by atoms with Crippen LogP contribution in [0.25, 0.3) is 0 Å². The van der Waals surface area contributed by atoms with Crippen LogP contribution in [-0.4, -0.2) is 48.1 Å². The van der Waals surface area contributed by atoms with E-state index >= 15 is 0 Å². The van der Waals surface area contributed by atoms with E-state index < -0.39 is 0 Å². The molecule has 4 nitrogen and oxygen atoms in total. The molecule has 0 radical (unpaired) electrons. The summed E-state index contributed by atoms with van der Waals surface area (Å²) in [6.07, 6.45) is 0. The van der Waals surface area contributed by atoms with Crippen molar-refractivity contribution in [1.82, 2.24) is 15.1 Å². The molecule has 1 aromatic carbocycles. The van der Waals surface area contributed by atoms with Crippen molar-refractivity contribution in [3.63, 3.8) is 0 Å². The van der Waals surface area contributed by atoms with Crippen LogP contribution in [0.4, 0.5) is 4.79 Å². The third kappa shape index (κ3) is 3.73. The quantitative estimate of drug-likeness (QED) is 0.920. The van der Waals surface area contributed by atoms with E-state index in [0.717, 1.165) is 31.7 Å². The van der Waals surface area contributed by atoms with Crippen LogP contribution < -0.4 is 5.32 Å². The molecule has 1 fully saturated rings. The largest absolute Gasteiger partial charge is 0.331 e. The molecule has 1 atom stereocenters. The molecule has 0 bridgehead atoms. The van der Waals surface area contributed by atoms with Gasteiger partial charge >= 0.3 is 6.03 Å². The van der Waals surface area contributed by atoms with Gasteiger partial charge in [-0.05, 0) is 26.3 Å². The Bertz CT molecular complexity index is 425. The molecular formula is C16H25N3O. The maximum absolute atomic E-state index is 12.3. The topological polar surface area (TPSA) is 35.6 Å². The Balaban J connectivity index is 1.84. The second-order valence-electron chi connectivity index (χ2n) is 5.70. The van der Waals surface area contributed by atoms with Gasteiger partial charge in [-0.3, -0.25) is 4.90 Å². The molecule has 20 heavy (non-hydrogen) atoms. The third-order valence-electron chi connectivity index (χ3n) is 3.97. The number of piperazine rings is 1. The number of benzene rings is 1. The summed E-state index contributed by atoms with van der Waals surface area (Å²) in [7, 11) is 0. The second kappa shape index (κ2) is 6.75. The number of urea groups is 1. The SMILES string of the molecule is CC(NC(=O)N1CCN(C(C)C)CC1)c1ccccc1. The molecule has 110 valence electrons. The number of amides is 2. The number of rotatable bonds is 3. The van der Waals surface area contributed by atoms with E-state index in [-0.39, 0.29) is 12.1 Å². The zero-order chi connectivity index (χ0) is 14.5. The summed E-state index contributed by atoms with van der Waals surface area (Å²) in [4.78, 5) is 16.6. The Morgan fingerprint density at radius 2 is 1.65 bits per heavy atom. The molecule has 2 rings (SSSR count). The molecule has 0 saturated carbocycles. The minimum Gasteiger partial charge on any atom is -0.331 e. The standard InChI is InChI=1S/C16H25N3O/c1-13(2)18-9-11-19(12-10-18)16(20)17-14(3)15-7-5-4-6-8-15/h4-8,13-14H,9-12H2,1-3H3,(H,17,20). The van der Waals surface area contributed by atoms with Crippen molar-refractivity contribution in [1.29, 1.82) is 0 Å². The first kappa shape index (κ1) is 14.9. The lowest BCUT2D eigenvalue weighted by atomic mass is 10.1. The van der Waals surface area contributed by atoms with Gasteiger partial charge in [0, 0.05) is 32.2 Å². The fourth-order valence-corrected chi connectivity index (χ4v) is 2.54. The van der Waals surface area contributed by atoms with E-state index in [9.17, 15) is 4.79 Å². The fraction of sp³-hybridized carbons (Fsp3) is 0.562. The zero-order valence-corrected chi connectivity index (χ0v) is 12.7. The minimum absolute atomic E-state index is 0.0461. The zero-order valence-electron chi connectivity index (χ0n) is 12.7. The molecule has 1 saturated heterocycles. The summed E-state index contributed by atoms with van der Waals surface area (Å²) in [5.41, 5.74) is 1.14. The van der Waals surface area contributed by atoms with Crippen LogP contribution in [0.5, 0.6) is 0 Å². The summed E-state index contributed by atoms with van der Waals surface area (Å²) >= 11 is 0. The summed E-state index contributed by atoms with van der Waals surface area (Å²) in [6, 6.07) is 10.7. The second-order valence-corrected chi connectivity index (χ2v) is 5.70. The van der Waals surface area contributed by atoms with Crippen LogP contribution in [0.2, 0.25) is 0 Å². The molecule has 1 aliphatic heterocycles. The van der Waals surface area contributed by atoms with Crippen LogP contribution in [0.15, 0.2) is 30.3 Å². The smallest absolute Gasteiger partial charge is 0.317 e. The summed E-state index contributed by atoms with van der Waals surface area (Å²) in [6.45, 7) is 9.98. The van der Waals surface area contributed by atoms with E-state index in [1.807, 2.05) is 42.2 Å². The Morgan fingerprint density at radius 1 is 1.05 bits per heavy atom. The first-order valence-corrected chi connectivity index (χ1v) is 7.42. The number of nitrogens with zero attached hydrogens (tertiary/aromatic N) is 2. The van der Waals surface area contributed by atoms with Gasteiger partial charge in [-0.1, -0.05) is 30.3 Å². The van der Waals surface area contributed by atoms with Crippen molar-refractivity contribution in [3.8, 4) is 0 Å². The first-order chi connectivity index (χ1) is 9.58. The number of hydrogen-bond acceptors (Lipinski definition) is 2. The number of nitrogens with one attached hydrogen (secondary N) is 1. The number of carbonyl (C=O) groups excluding carboxylic acids is 1. The molecule has 1 heterocycles. The Labute approximate surface area is 121 Å². The van der Waals surface area contributed by atoms with E-state index in [1.165, 1.54) is 0 Å². The molecule has 2 amide bonds. The van der Waals surface area contributed by atoms with Gasteiger partial charge in [-0.25, -0.2) is 4.79 Å². The maximum Gasteiger partial charge on any atom is 0.317 e. The minimum atomic E-state index is 0.0461. The highest BCUT2D eigenvalue weighted by Crippen LogP contribution is 2.12. The van der Waals surface area contributed by atoms with Gasteiger partial charge in [0.05, 0.1) is 6.04 Å². The fourth-order valence-electron chi connectivity index (χ4n) is 2.54. The predicted octanol–water partition coefficient (Wildman–Crippen LogP) is 2.48. The highest BCUT2D eigenvalue weighted by atomic mass is 16.2. The Morgan fingerprint density at radius 3 is 2.20 bits per heavy atom. The predicted molar refractivity (Wildman–Crippen MR) is 81.7 cm³/mol. The van der Waals surface area contributed by atoms with Gasteiger partial charge in [0.15, 0.2) is 0 Å². The summed E-state index contributed by atoms with van der Waals surface area (Å²) < 4.78 is 0. The lowest BCUT2D eigenvalue weighted by Gasteiger charge is -2.37. The van der Waals surface area contributed by atoms with Crippen molar-refractivity contribution >= 4 is 6.03 Å². The summed E-state index contributed by atoms with van der Waals surface area (Å²) in [5, 5.41) is 3.08. The molecule has 1 aromatic rings. The highest BCUT2D eigenvalue weighted by molar-refractivity contribution is 5.74. The van der Waals surface area contributed by atoms with Crippen molar-refractivity contribution in [2.45, 2.75) is 32.9 Å². The van der Waals surface area contributed by atoms with E-state index in [2.05, 4.69) is 24.1 Å². The van der Waals surface area contributed by atoms with Gasteiger partial charge in [0.2, 0.25) is 0 Å². The Kier molecular flexibility index (Phi) is 5.01. The lowest BCUT2D eigenvalue weighted by molar-refractivity contribution is 0.118. The maximum atomic E-state index is 12.3. The third-order valence-corrected chi connectivity index (χ3v) is 3.97. The number of hydrogen-bond donors (Lipinski definition) is 1. The van der Waals surface area contributed by atoms with Crippen molar-refractivity contribution in [3.05, 3.63) is 35.9 Å². The van der Waals surface area contributed by atoms with E-state index in [0.29, 0.717) is 6.04 Å². The Hall–Kier alpha value is -1.55. The van der Waals surface area contributed by atoms with E-state index in [4.69, 9.17) is 0 Å². The van der Waals surface area contributed by atoms with Gasteiger partial charge in [0.1, 0.15) is 0 Å². The highest BCUT2D eigenvalue weighted by Gasteiger charge is 2.23. The van der Waals surface area contributed by atoms with Crippen LogP contribution in [0, 0.1) is 0 Å². The van der Waals surface area contributed by atoms with Gasteiger partial charge < -0.3 is 10.2 Å². The molecule has 4 heteroatoms. The monoisotopic (exact) mass is 275 g/mol. The molecular weight excluding hydrogens is 250 g/mol. The van der Waals surface area contributed by atoms with Gasteiger partial charge in [-0.2, -0.15) is 0 Å². The molecule has 1 unspecified atom stereocenters. The average Bonchev–Trinajstić information content (AvgIpc) is 2.48. The van der Waals surface area contributed by atoms with Crippen molar-refractivity contribution in [2.24, 2.45) is 0 Å². The van der Waals surface area contributed by atoms with Gasteiger partial charge in [-0.15, -0.1) is 0 Å². The van der Waals surface area contributed by atoms with Crippen LogP contribution in [0.3, 0.4) is 0 Å². The van der Waals surface area contributed by atoms with E-state index in [1.54, 1.807) is 0 Å². The number of carbonyl (C=O) groups is 1. The molecule has 0 aromatic heterocycles. The van der Waals surface area contributed by atoms with Crippen molar-refractivity contribution in [2.75, 3.05) is 26.2 Å². The van der Waals surface area contributed by atoms with Crippen LogP contribution in [-0.2, 0) is 0 Å². The molecule has 0 aliphatic carbocycles.